The van der Waals surface area contributed by atoms with Crippen LogP contribution >= 0.6 is 11.6 Å². The highest BCUT2D eigenvalue weighted by Gasteiger charge is 2.36. The van der Waals surface area contributed by atoms with Gasteiger partial charge in [-0.3, -0.25) is 0 Å². The fraction of sp³-hybridized carbons (Fsp3) is 0.500. The summed E-state index contributed by atoms with van der Waals surface area (Å²) in [5, 5.41) is 14.4. The SMILES string of the molecule is CC1(O)CCNCC1c1ccccc1Cl. The summed E-state index contributed by atoms with van der Waals surface area (Å²) in [4.78, 5) is 0. The Balaban J connectivity index is 2.33. The highest BCUT2D eigenvalue weighted by atomic mass is 35.5. The van der Waals surface area contributed by atoms with E-state index < -0.39 is 5.60 Å². The Morgan fingerprint density at radius 3 is 2.87 bits per heavy atom. The summed E-state index contributed by atoms with van der Waals surface area (Å²) < 4.78 is 0. The molecule has 0 bridgehead atoms. The first-order valence-electron chi connectivity index (χ1n) is 5.29. The second-order valence-corrected chi connectivity index (χ2v) is 4.79. The first-order chi connectivity index (χ1) is 7.11. The Labute approximate surface area is 95.3 Å². The molecule has 1 aromatic carbocycles. The summed E-state index contributed by atoms with van der Waals surface area (Å²) in [6, 6.07) is 7.75. The molecule has 1 fully saturated rings. The van der Waals surface area contributed by atoms with Crippen LogP contribution in [0.1, 0.15) is 24.8 Å². The van der Waals surface area contributed by atoms with Gasteiger partial charge < -0.3 is 10.4 Å². The predicted molar refractivity (Wildman–Crippen MR) is 62.3 cm³/mol. The summed E-state index contributed by atoms with van der Waals surface area (Å²) in [5.41, 5.74) is 0.382. The lowest BCUT2D eigenvalue weighted by molar-refractivity contribution is 0.00785. The van der Waals surface area contributed by atoms with E-state index in [-0.39, 0.29) is 5.92 Å². The molecule has 1 aromatic rings. The Bertz CT molecular complexity index is 351. The van der Waals surface area contributed by atoms with Crippen LogP contribution < -0.4 is 5.32 Å². The third-order valence-corrected chi connectivity index (χ3v) is 3.53. The van der Waals surface area contributed by atoms with Gasteiger partial charge in [0.2, 0.25) is 0 Å². The number of piperidine rings is 1. The molecule has 2 rings (SSSR count). The van der Waals surface area contributed by atoms with Gasteiger partial charge in [0, 0.05) is 17.5 Å². The fourth-order valence-corrected chi connectivity index (χ4v) is 2.45. The van der Waals surface area contributed by atoms with Crippen molar-refractivity contribution in [2.24, 2.45) is 0 Å². The van der Waals surface area contributed by atoms with Crippen molar-refractivity contribution in [3.05, 3.63) is 34.9 Å². The Morgan fingerprint density at radius 1 is 1.47 bits per heavy atom. The molecule has 15 heavy (non-hydrogen) atoms. The van der Waals surface area contributed by atoms with E-state index in [1.54, 1.807) is 0 Å². The summed E-state index contributed by atoms with van der Waals surface area (Å²) in [7, 11) is 0. The van der Waals surface area contributed by atoms with Gasteiger partial charge in [0.25, 0.3) is 0 Å². The van der Waals surface area contributed by atoms with Crippen LogP contribution in [0.4, 0.5) is 0 Å². The molecule has 0 spiro atoms. The van der Waals surface area contributed by atoms with E-state index in [0.29, 0.717) is 0 Å². The topological polar surface area (TPSA) is 32.3 Å². The monoisotopic (exact) mass is 225 g/mol. The molecule has 1 aliphatic heterocycles. The van der Waals surface area contributed by atoms with Gasteiger partial charge in [0.15, 0.2) is 0 Å². The average molecular weight is 226 g/mol. The number of rotatable bonds is 1. The van der Waals surface area contributed by atoms with E-state index in [9.17, 15) is 5.11 Å². The average Bonchev–Trinajstić information content (AvgIpc) is 2.19. The molecule has 1 saturated heterocycles. The molecule has 0 amide bonds. The third kappa shape index (κ3) is 2.17. The summed E-state index contributed by atoms with van der Waals surface area (Å²) in [6.07, 6.45) is 0.767. The number of halogens is 1. The maximum absolute atomic E-state index is 10.3. The summed E-state index contributed by atoms with van der Waals surface area (Å²) >= 11 is 6.15. The van der Waals surface area contributed by atoms with Crippen molar-refractivity contribution in [2.45, 2.75) is 24.9 Å². The molecule has 2 nitrogen and oxygen atoms in total. The third-order valence-electron chi connectivity index (χ3n) is 3.19. The van der Waals surface area contributed by atoms with Crippen LogP contribution in [-0.4, -0.2) is 23.8 Å². The molecule has 1 heterocycles. The molecule has 0 aliphatic carbocycles. The molecule has 0 radical (unpaired) electrons. The van der Waals surface area contributed by atoms with Crippen molar-refractivity contribution in [3.63, 3.8) is 0 Å². The number of nitrogens with one attached hydrogen (secondary N) is 1. The van der Waals surface area contributed by atoms with Gasteiger partial charge in [-0.1, -0.05) is 29.8 Å². The van der Waals surface area contributed by atoms with Gasteiger partial charge in [0.1, 0.15) is 0 Å². The minimum absolute atomic E-state index is 0.0833. The molecule has 2 unspecified atom stereocenters. The lowest BCUT2D eigenvalue weighted by Gasteiger charge is -2.38. The van der Waals surface area contributed by atoms with E-state index in [2.05, 4.69) is 5.32 Å². The van der Waals surface area contributed by atoms with E-state index in [0.717, 1.165) is 30.1 Å². The van der Waals surface area contributed by atoms with Crippen LogP contribution in [0.25, 0.3) is 0 Å². The molecular formula is C12H16ClNO. The van der Waals surface area contributed by atoms with Crippen molar-refractivity contribution < 1.29 is 5.11 Å². The Morgan fingerprint density at radius 2 is 2.20 bits per heavy atom. The Kier molecular flexibility index (Phi) is 3.01. The number of hydrogen-bond donors (Lipinski definition) is 2. The molecule has 3 heteroatoms. The maximum atomic E-state index is 10.3. The lowest BCUT2D eigenvalue weighted by atomic mass is 9.79. The molecule has 0 saturated carbocycles. The normalized spacial score (nSPS) is 31.5. The highest BCUT2D eigenvalue weighted by Crippen LogP contribution is 2.35. The van der Waals surface area contributed by atoms with Crippen LogP contribution in [0.2, 0.25) is 5.02 Å². The van der Waals surface area contributed by atoms with Crippen LogP contribution in [0.5, 0.6) is 0 Å². The molecule has 0 aromatic heterocycles. The zero-order valence-electron chi connectivity index (χ0n) is 8.83. The molecule has 1 aliphatic rings. The molecule has 2 N–H and O–H groups in total. The van der Waals surface area contributed by atoms with E-state index in [4.69, 9.17) is 11.6 Å². The molecule has 82 valence electrons. The summed E-state index contributed by atoms with van der Waals surface area (Å²) in [6.45, 7) is 3.55. The largest absolute Gasteiger partial charge is 0.389 e. The van der Waals surface area contributed by atoms with Gasteiger partial charge in [-0.2, -0.15) is 0 Å². The second kappa shape index (κ2) is 4.12. The van der Waals surface area contributed by atoms with Crippen molar-refractivity contribution in [2.75, 3.05) is 13.1 Å². The maximum Gasteiger partial charge on any atom is 0.0712 e. The van der Waals surface area contributed by atoms with Crippen LogP contribution in [0, 0.1) is 0 Å². The van der Waals surface area contributed by atoms with E-state index in [1.165, 1.54) is 0 Å². The fourth-order valence-electron chi connectivity index (χ4n) is 2.18. The van der Waals surface area contributed by atoms with E-state index in [1.807, 2.05) is 31.2 Å². The first-order valence-corrected chi connectivity index (χ1v) is 5.66. The quantitative estimate of drug-likeness (QED) is 0.768. The van der Waals surface area contributed by atoms with Gasteiger partial charge in [-0.05, 0) is 31.5 Å². The minimum atomic E-state index is -0.657. The van der Waals surface area contributed by atoms with Crippen molar-refractivity contribution >= 4 is 11.6 Å². The summed E-state index contributed by atoms with van der Waals surface area (Å²) in [5.74, 6) is 0.0833. The standard InChI is InChI=1S/C12H16ClNO/c1-12(15)6-7-14-8-10(12)9-4-2-3-5-11(9)13/h2-5,10,14-15H,6-8H2,1H3. The molecule has 2 atom stereocenters. The second-order valence-electron chi connectivity index (χ2n) is 4.39. The first kappa shape index (κ1) is 10.9. The van der Waals surface area contributed by atoms with Crippen molar-refractivity contribution in [3.8, 4) is 0 Å². The van der Waals surface area contributed by atoms with Gasteiger partial charge in [-0.15, -0.1) is 0 Å². The Hall–Kier alpha value is -0.570. The van der Waals surface area contributed by atoms with Crippen LogP contribution in [0.15, 0.2) is 24.3 Å². The molecular weight excluding hydrogens is 210 g/mol. The zero-order valence-corrected chi connectivity index (χ0v) is 9.59. The van der Waals surface area contributed by atoms with Crippen LogP contribution in [0.3, 0.4) is 0 Å². The smallest absolute Gasteiger partial charge is 0.0712 e. The highest BCUT2D eigenvalue weighted by molar-refractivity contribution is 6.31. The lowest BCUT2D eigenvalue weighted by Crippen LogP contribution is -2.46. The van der Waals surface area contributed by atoms with Crippen molar-refractivity contribution in [1.82, 2.24) is 5.32 Å². The van der Waals surface area contributed by atoms with Crippen molar-refractivity contribution in [1.29, 1.82) is 0 Å². The number of benzene rings is 1. The number of aliphatic hydroxyl groups is 1. The van der Waals surface area contributed by atoms with Gasteiger partial charge in [-0.25, -0.2) is 0 Å². The van der Waals surface area contributed by atoms with Gasteiger partial charge >= 0.3 is 0 Å². The predicted octanol–water partition coefficient (Wildman–Crippen LogP) is 2.17. The number of hydrogen-bond acceptors (Lipinski definition) is 2. The van der Waals surface area contributed by atoms with Crippen LogP contribution in [-0.2, 0) is 0 Å². The minimum Gasteiger partial charge on any atom is -0.389 e. The van der Waals surface area contributed by atoms with Gasteiger partial charge in [0.05, 0.1) is 5.60 Å². The van der Waals surface area contributed by atoms with E-state index >= 15 is 0 Å². The zero-order chi connectivity index (χ0) is 10.9.